The van der Waals surface area contributed by atoms with E-state index >= 15 is 0 Å². The minimum atomic E-state index is -0.534. The standard InChI is InChI=1S/C11H16N5O/c12-7-5-9(13)10(11(14)17)16(6-7)8-1-3-15-4-2-8/h1,3-4,7,9-10H,5-6,12-13H2,(H2,14,17). The topological polar surface area (TPSA) is 111 Å². The number of carbonyl (C=O) groups is 1. The third kappa shape index (κ3) is 2.37. The molecule has 3 unspecified atom stereocenters. The van der Waals surface area contributed by atoms with Gasteiger partial charge < -0.3 is 22.1 Å². The molecule has 0 spiro atoms. The number of anilines is 1. The molecular formula is C11H16N5O. The second kappa shape index (κ2) is 4.68. The summed E-state index contributed by atoms with van der Waals surface area (Å²) in [6, 6.07) is 3.77. The zero-order chi connectivity index (χ0) is 12.4. The summed E-state index contributed by atoms with van der Waals surface area (Å²) in [6.45, 7) is 0.543. The Morgan fingerprint density at radius 2 is 2.29 bits per heavy atom. The van der Waals surface area contributed by atoms with Crippen LogP contribution in [0.1, 0.15) is 6.42 Å². The van der Waals surface area contributed by atoms with Gasteiger partial charge in [0.15, 0.2) is 0 Å². The van der Waals surface area contributed by atoms with Crippen molar-refractivity contribution in [2.45, 2.75) is 24.5 Å². The average Bonchev–Trinajstić information content (AvgIpc) is 2.28. The van der Waals surface area contributed by atoms with E-state index in [1.54, 1.807) is 18.5 Å². The number of primary amides is 1. The first-order valence-electron chi connectivity index (χ1n) is 5.48. The lowest BCUT2D eigenvalue weighted by molar-refractivity contribution is -0.120. The van der Waals surface area contributed by atoms with Crippen LogP contribution in [0, 0.1) is 6.07 Å². The molecule has 1 amide bonds. The molecule has 17 heavy (non-hydrogen) atoms. The Hall–Kier alpha value is -1.66. The predicted octanol–water partition coefficient (Wildman–Crippen LogP) is -1.40. The number of amides is 1. The van der Waals surface area contributed by atoms with Crippen molar-refractivity contribution in [2.75, 3.05) is 11.4 Å². The third-order valence-corrected chi connectivity index (χ3v) is 2.95. The third-order valence-electron chi connectivity index (χ3n) is 2.95. The van der Waals surface area contributed by atoms with Gasteiger partial charge in [-0.1, -0.05) is 0 Å². The Kier molecular flexibility index (Phi) is 3.26. The van der Waals surface area contributed by atoms with Gasteiger partial charge in [0.05, 0.1) is 0 Å². The van der Waals surface area contributed by atoms with E-state index in [0.29, 0.717) is 13.0 Å². The monoisotopic (exact) mass is 234 g/mol. The normalized spacial score (nSPS) is 29.1. The number of rotatable bonds is 2. The molecule has 6 N–H and O–H groups in total. The van der Waals surface area contributed by atoms with Crippen molar-refractivity contribution in [3.05, 3.63) is 24.5 Å². The first-order chi connectivity index (χ1) is 8.09. The van der Waals surface area contributed by atoms with Gasteiger partial charge in [-0.25, -0.2) is 0 Å². The molecule has 1 fully saturated rings. The number of hydrogen-bond acceptors (Lipinski definition) is 5. The molecule has 0 bridgehead atoms. The lowest BCUT2D eigenvalue weighted by Crippen LogP contribution is -2.63. The molecule has 1 aromatic heterocycles. The van der Waals surface area contributed by atoms with Gasteiger partial charge in [-0.3, -0.25) is 9.78 Å². The lowest BCUT2D eigenvalue weighted by atomic mass is 9.93. The molecule has 2 heterocycles. The summed E-state index contributed by atoms with van der Waals surface area (Å²) in [4.78, 5) is 17.2. The van der Waals surface area contributed by atoms with Crippen LogP contribution in [0.4, 0.5) is 5.69 Å². The van der Waals surface area contributed by atoms with Crippen LogP contribution in [-0.2, 0) is 4.79 Å². The van der Waals surface area contributed by atoms with Crippen molar-refractivity contribution < 1.29 is 4.79 Å². The maximum absolute atomic E-state index is 11.5. The van der Waals surface area contributed by atoms with Crippen LogP contribution < -0.4 is 22.1 Å². The second-order valence-corrected chi connectivity index (χ2v) is 4.28. The summed E-state index contributed by atoms with van der Waals surface area (Å²) >= 11 is 0. The molecule has 1 radical (unpaired) electrons. The van der Waals surface area contributed by atoms with E-state index in [1.165, 1.54) is 0 Å². The molecule has 6 heteroatoms. The van der Waals surface area contributed by atoms with E-state index in [2.05, 4.69) is 11.1 Å². The number of nitrogens with two attached hydrogens (primary N) is 3. The van der Waals surface area contributed by atoms with Crippen LogP contribution in [-0.4, -0.2) is 35.6 Å². The lowest BCUT2D eigenvalue weighted by Gasteiger charge is -2.41. The van der Waals surface area contributed by atoms with Crippen molar-refractivity contribution in [1.29, 1.82) is 0 Å². The minimum Gasteiger partial charge on any atom is -0.368 e. The maximum atomic E-state index is 11.5. The van der Waals surface area contributed by atoms with Crippen molar-refractivity contribution in [3.8, 4) is 0 Å². The van der Waals surface area contributed by atoms with Crippen molar-refractivity contribution >= 4 is 11.6 Å². The number of piperidine rings is 1. The van der Waals surface area contributed by atoms with E-state index in [0.717, 1.165) is 5.69 Å². The van der Waals surface area contributed by atoms with Crippen molar-refractivity contribution in [2.24, 2.45) is 17.2 Å². The van der Waals surface area contributed by atoms with Crippen LogP contribution in [0.5, 0.6) is 0 Å². The number of pyridine rings is 1. The first-order valence-corrected chi connectivity index (χ1v) is 5.48. The van der Waals surface area contributed by atoms with Gasteiger partial charge >= 0.3 is 0 Å². The summed E-state index contributed by atoms with van der Waals surface area (Å²) in [5.41, 5.74) is 18.0. The highest BCUT2D eigenvalue weighted by molar-refractivity contribution is 5.84. The van der Waals surface area contributed by atoms with Crippen LogP contribution in [0.2, 0.25) is 0 Å². The highest BCUT2D eigenvalue weighted by atomic mass is 16.1. The summed E-state index contributed by atoms with van der Waals surface area (Å²) < 4.78 is 0. The molecule has 1 aromatic rings. The minimum absolute atomic E-state index is 0.0674. The molecule has 0 aromatic carbocycles. The SMILES string of the molecule is NC(=O)C1C(N)CC(N)CN1c1[c]cncc1. The second-order valence-electron chi connectivity index (χ2n) is 4.28. The molecule has 1 aliphatic heterocycles. The first kappa shape index (κ1) is 11.8. The Morgan fingerprint density at radius 1 is 1.53 bits per heavy atom. The van der Waals surface area contributed by atoms with E-state index in [9.17, 15) is 4.79 Å². The predicted molar refractivity (Wildman–Crippen MR) is 64.0 cm³/mol. The summed E-state index contributed by atoms with van der Waals surface area (Å²) in [5, 5.41) is 0. The van der Waals surface area contributed by atoms with E-state index in [-0.39, 0.29) is 12.1 Å². The molecule has 1 saturated heterocycles. The zero-order valence-electron chi connectivity index (χ0n) is 9.41. The van der Waals surface area contributed by atoms with Crippen LogP contribution in [0.25, 0.3) is 0 Å². The maximum Gasteiger partial charge on any atom is 0.241 e. The van der Waals surface area contributed by atoms with Crippen molar-refractivity contribution in [3.63, 3.8) is 0 Å². The van der Waals surface area contributed by atoms with Crippen LogP contribution >= 0.6 is 0 Å². The van der Waals surface area contributed by atoms with Gasteiger partial charge in [0.2, 0.25) is 5.91 Å². The fourth-order valence-electron chi connectivity index (χ4n) is 2.25. The van der Waals surface area contributed by atoms with Crippen LogP contribution in [0.15, 0.2) is 18.5 Å². The molecule has 2 rings (SSSR count). The van der Waals surface area contributed by atoms with Gasteiger partial charge in [-0.15, -0.1) is 0 Å². The zero-order valence-corrected chi connectivity index (χ0v) is 9.41. The Bertz CT molecular complexity index is 396. The number of aromatic nitrogens is 1. The average molecular weight is 234 g/mol. The van der Waals surface area contributed by atoms with Crippen molar-refractivity contribution in [1.82, 2.24) is 4.98 Å². The fourth-order valence-corrected chi connectivity index (χ4v) is 2.25. The van der Waals surface area contributed by atoms with E-state index in [4.69, 9.17) is 17.2 Å². The van der Waals surface area contributed by atoms with Gasteiger partial charge in [-0.05, 0) is 12.5 Å². The molecule has 0 saturated carbocycles. The quantitative estimate of drug-likeness (QED) is 0.583. The highest BCUT2D eigenvalue weighted by Gasteiger charge is 2.36. The van der Waals surface area contributed by atoms with Gasteiger partial charge in [0.25, 0.3) is 0 Å². The van der Waals surface area contributed by atoms with Gasteiger partial charge in [0, 0.05) is 42.8 Å². The largest absolute Gasteiger partial charge is 0.368 e. The Labute approximate surface area is 99.8 Å². The summed E-state index contributed by atoms with van der Waals surface area (Å²) in [5.74, 6) is -0.436. The Balaban J connectivity index is 2.31. The Morgan fingerprint density at radius 3 is 2.88 bits per heavy atom. The molecule has 91 valence electrons. The molecule has 0 aliphatic carbocycles. The number of nitrogens with zero attached hydrogens (tertiary/aromatic N) is 2. The van der Waals surface area contributed by atoms with Gasteiger partial charge in [0.1, 0.15) is 6.04 Å². The smallest absolute Gasteiger partial charge is 0.241 e. The van der Waals surface area contributed by atoms with Crippen LogP contribution in [0.3, 0.4) is 0 Å². The van der Waals surface area contributed by atoms with E-state index in [1.807, 2.05) is 4.90 Å². The number of carbonyl (C=O) groups excluding carboxylic acids is 1. The highest BCUT2D eigenvalue weighted by Crippen LogP contribution is 2.22. The summed E-state index contributed by atoms with van der Waals surface area (Å²) in [7, 11) is 0. The fraction of sp³-hybridized carbons (Fsp3) is 0.455. The van der Waals surface area contributed by atoms with E-state index < -0.39 is 11.9 Å². The molecular weight excluding hydrogens is 218 g/mol. The summed E-state index contributed by atoms with van der Waals surface area (Å²) in [6.07, 6.45) is 3.77. The molecule has 6 nitrogen and oxygen atoms in total. The van der Waals surface area contributed by atoms with Gasteiger partial charge in [-0.2, -0.15) is 0 Å². The number of hydrogen-bond donors (Lipinski definition) is 3. The molecule has 1 aliphatic rings. The molecule has 3 atom stereocenters.